The number of nitrogens with two attached hydrogens (primary N) is 1. The quantitative estimate of drug-likeness (QED) is 0.742. The Balaban J connectivity index is 2.06. The number of hydrogen-bond acceptors (Lipinski definition) is 5. The van der Waals surface area contributed by atoms with Crippen LogP contribution in [0.2, 0.25) is 0 Å². The van der Waals surface area contributed by atoms with Gasteiger partial charge in [-0.05, 0) is 30.7 Å². The highest BCUT2D eigenvalue weighted by molar-refractivity contribution is 7.12. The largest absolute Gasteiger partial charge is 0.439 e. The van der Waals surface area contributed by atoms with Gasteiger partial charge in [0.1, 0.15) is 17.4 Å². The summed E-state index contributed by atoms with van der Waals surface area (Å²) in [5.41, 5.74) is 7.17. The van der Waals surface area contributed by atoms with Crippen LogP contribution in [0.4, 0.5) is 0 Å². The third-order valence-corrected chi connectivity index (χ3v) is 5.69. The van der Waals surface area contributed by atoms with Crippen LogP contribution in [0.25, 0.3) is 10.9 Å². The predicted octanol–water partition coefficient (Wildman–Crippen LogP) is 3.37. The van der Waals surface area contributed by atoms with Crippen molar-refractivity contribution >= 4 is 22.2 Å². The maximum atomic E-state index is 12.8. The van der Waals surface area contributed by atoms with E-state index in [1.807, 2.05) is 36.4 Å². The number of benzene rings is 1. The molecule has 0 radical (unpaired) electrons. The standard InChI is InChI=1S/C19H15N3O2S/c1-2-10-7-8-14(25-10)15-12(9-20)18(21)24-17-11-5-3-4-6-13(11)22-19(23)16(15)17/h3-8,15H,2,21H2,1H3,(H,22,23). The molecule has 1 atom stereocenters. The Morgan fingerprint density at radius 3 is 2.84 bits per heavy atom. The number of rotatable bonds is 2. The molecule has 0 amide bonds. The predicted molar refractivity (Wildman–Crippen MR) is 97.6 cm³/mol. The fraction of sp³-hybridized carbons (Fsp3) is 0.158. The minimum Gasteiger partial charge on any atom is -0.439 e. The van der Waals surface area contributed by atoms with E-state index in [1.54, 1.807) is 11.3 Å². The summed E-state index contributed by atoms with van der Waals surface area (Å²) in [7, 11) is 0. The number of nitrogens with one attached hydrogen (secondary N) is 1. The van der Waals surface area contributed by atoms with Crippen molar-refractivity contribution in [3.05, 3.63) is 73.5 Å². The first-order valence-corrected chi connectivity index (χ1v) is 8.76. The van der Waals surface area contributed by atoms with Crippen LogP contribution in [0.15, 0.2) is 52.6 Å². The molecular formula is C19H15N3O2S. The number of allylic oxidation sites excluding steroid dienone is 1. The van der Waals surface area contributed by atoms with E-state index in [0.717, 1.165) is 16.7 Å². The molecule has 0 saturated heterocycles. The summed E-state index contributed by atoms with van der Waals surface area (Å²) in [5, 5.41) is 10.4. The van der Waals surface area contributed by atoms with Gasteiger partial charge in [-0.15, -0.1) is 11.3 Å². The molecule has 0 aliphatic carbocycles. The number of nitrogens with zero attached hydrogens (tertiary/aromatic N) is 1. The topological polar surface area (TPSA) is 91.9 Å². The number of pyridine rings is 1. The van der Waals surface area contributed by atoms with Gasteiger partial charge < -0.3 is 15.5 Å². The maximum Gasteiger partial charge on any atom is 0.256 e. The molecule has 1 unspecified atom stereocenters. The number of aryl methyl sites for hydroxylation is 1. The summed E-state index contributed by atoms with van der Waals surface area (Å²) in [4.78, 5) is 17.8. The number of thiophene rings is 1. The monoisotopic (exact) mass is 349 g/mol. The smallest absolute Gasteiger partial charge is 0.256 e. The normalized spacial score (nSPS) is 16.4. The lowest BCUT2D eigenvalue weighted by Gasteiger charge is -2.25. The molecule has 0 saturated carbocycles. The zero-order chi connectivity index (χ0) is 17.6. The summed E-state index contributed by atoms with van der Waals surface area (Å²) in [6, 6.07) is 13.5. The second kappa shape index (κ2) is 5.80. The molecule has 1 aliphatic heterocycles. The summed E-state index contributed by atoms with van der Waals surface area (Å²) in [6.45, 7) is 2.07. The van der Waals surface area contributed by atoms with E-state index in [-0.39, 0.29) is 17.0 Å². The molecule has 2 aromatic heterocycles. The van der Waals surface area contributed by atoms with Gasteiger partial charge in [-0.1, -0.05) is 19.1 Å². The van der Waals surface area contributed by atoms with Gasteiger partial charge in [0, 0.05) is 15.1 Å². The van der Waals surface area contributed by atoms with E-state index < -0.39 is 5.92 Å². The first-order chi connectivity index (χ1) is 12.1. The lowest BCUT2D eigenvalue weighted by atomic mass is 9.88. The first kappa shape index (κ1) is 15.5. The van der Waals surface area contributed by atoms with E-state index in [4.69, 9.17) is 10.5 Å². The summed E-state index contributed by atoms with van der Waals surface area (Å²) in [6.07, 6.45) is 0.899. The molecule has 1 aliphatic rings. The summed E-state index contributed by atoms with van der Waals surface area (Å²) in [5.74, 6) is -0.0121. The molecule has 5 nitrogen and oxygen atoms in total. The number of H-pyrrole nitrogens is 1. The maximum absolute atomic E-state index is 12.8. The lowest BCUT2D eigenvalue weighted by molar-refractivity contribution is 0.397. The van der Waals surface area contributed by atoms with Crippen LogP contribution in [-0.4, -0.2) is 4.98 Å². The zero-order valence-corrected chi connectivity index (χ0v) is 14.3. The summed E-state index contributed by atoms with van der Waals surface area (Å²) >= 11 is 1.59. The van der Waals surface area contributed by atoms with E-state index in [2.05, 4.69) is 18.0 Å². The Morgan fingerprint density at radius 2 is 2.12 bits per heavy atom. The molecule has 3 aromatic rings. The van der Waals surface area contributed by atoms with E-state index in [0.29, 0.717) is 16.8 Å². The molecule has 25 heavy (non-hydrogen) atoms. The SMILES string of the molecule is CCc1ccc(C2C(C#N)=C(N)Oc3c2c(=O)[nH]c2ccccc32)s1. The second-order valence-corrected chi connectivity index (χ2v) is 7.02. The average molecular weight is 349 g/mol. The zero-order valence-electron chi connectivity index (χ0n) is 13.5. The third kappa shape index (κ3) is 2.32. The fourth-order valence-electron chi connectivity index (χ4n) is 3.20. The molecule has 1 aromatic carbocycles. The third-order valence-electron chi connectivity index (χ3n) is 4.40. The van der Waals surface area contributed by atoms with Crippen molar-refractivity contribution in [3.63, 3.8) is 0 Å². The number of ether oxygens (including phenoxy) is 1. The van der Waals surface area contributed by atoms with Crippen LogP contribution in [0.3, 0.4) is 0 Å². The van der Waals surface area contributed by atoms with Crippen LogP contribution < -0.4 is 16.0 Å². The van der Waals surface area contributed by atoms with Gasteiger partial charge >= 0.3 is 0 Å². The molecule has 3 N–H and O–H groups in total. The van der Waals surface area contributed by atoms with Crippen molar-refractivity contribution in [2.45, 2.75) is 19.3 Å². The Kier molecular flexibility index (Phi) is 3.59. The molecule has 0 bridgehead atoms. The van der Waals surface area contributed by atoms with E-state index in [1.165, 1.54) is 4.88 Å². The van der Waals surface area contributed by atoms with Crippen LogP contribution in [0.1, 0.15) is 28.2 Å². The van der Waals surface area contributed by atoms with Gasteiger partial charge in [0.2, 0.25) is 5.88 Å². The molecule has 3 heterocycles. The van der Waals surface area contributed by atoms with Gasteiger partial charge in [-0.3, -0.25) is 4.79 Å². The fourth-order valence-corrected chi connectivity index (χ4v) is 4.27. The van der Waals surface area contributed by atoms with Crippen molar-refractivity contribution in [3.8, 4) is 11.8 Å². The Hall–Kier alpha value is -3.04. The van der Waals surface area contributed by atoms with Gasteiger partial charge in [0.05, 0.1) is 17.0 Å². The van der Waals surface area contributed by atoms with Crippen LogP contribution in [0, 0.1) is 11.3 Å². The van der Waals surface area contributed by atoms with Crippen molar-refractivity contribution in [2.75, 3.05) is 0 Å². The highest BCUT2D eigenvalue weighted by atomic mass is 32.1. The minimum absolute atomic E-state index is 0.0576. The number of aromatic nitrogens is 1. The molecule has 0 spiro atoms. The minimum atomic E-state index is -0.507. The lowest BCUT2D eigenvalue weighted by Crippen LogP contribution is -2.27. The van der Waals surface area contributed by atoms with Crippen molar-refractivity contribution in [1.29, 1.82) is 5.26 Å². The molecule has 124 valence electrons. The summed E-state index contributed by atoms with van der Waals surface area (Å²) < 4.78 is 5.73. The van der Waals surface area contributed by atoms with Crippen LogP contribution >= 0.6 is 11.3 Å². The second-order valence-electron chi connectivity index (χ2n) is 5.82. The van der Waals surface area contributed by atoms with Gasteiger partial charge in [-0.2, -0.15) is 5.26 Å². The van der Waals surface area contributed by atoms with Gasteiger partial charge in [0.15, 0.2) is 0 Å². The van der Waals surface area contributed by atoms with E-state index >= 15 is 0 Å². The first-order valence-electron chi connectivity index (χ1n) is 7.95. The number of nitriles is 1. The van der Waals surface area contributed by atoms with Gasteiger partial charge in [0.25, 0.3) is 5.56 Å². The Bertz CT molecular complexity index is 1120. The number of hydrogen-bond donors (Lipinski definition) is 2. The highest BCUT2D eigenvalue weighted by Gasteiger charge is 2.35. The van der Waals surface area contributed by atoms with Crippen LogP contribution in [0.5, 0.6) is 5.75 Å². The van der Waals surface area contributed by atoms with Crippen molar-refractivity contribution in [1.82, 2.24) is 4.98 Å². The molecule has 0 fully saturated rings. The highest BCUT2D eigenvalue weighted by Crippen LogP contribution is 2.44. The number of aromatic amines is 1. The Labute approximate surface area is 148 Å². The molecular weight excluding hydrogens is 334 g/mol. The van der Waals surface area contributed by atoms with Gasteiger partial charge in [-0.25, -0.2) is 0 Å². The average Bonchev–Trinajstić information content (AvgIpc) is 3.09. The Morgan fingerprint density at radius 1 is 1.32 bits per heavy atom. The van der Waals surface area contributed by atoms with Crippen molar-refractivity contribution in [2.24, 2.45) is 5.73 Å². The van der Waals surface area contributed by atoms with Crippen molar-refractivity contribution < 1.29 is 4.74 Å². The molecule has 6 heteroatoms. The van der Waals surface area contributed by atoms with E-state index in [9.17, 15) is 10.1 Å². The van der Waals surface area contributed by atoms with Crippen LogP contribution in [-0.2, 0) is 6.42 Å². The number of fused-ring (bicyclic) bond motifs is 3. The number of para-hydroxylation sites is 1. The molecule has 4 rings (SSSR count).